The summed E-state index contributed by atoms with van der Waals surface area (Å²) in [4.78, 5) is 44.3. The Kier molecular flexibility index (Phi) is 8.64. The van der Waals surface area contributed by atoms with Crippen LogP contribution in [-0.4, -0.2) is 88.6 Å². The molecule has 2 saturated heterocycles. The highest BCUT2D eigenvalue weighted by Gasteiger charge is 2.39. The van der Waals surface area contributed by atoms with Crippen LogP contribution in [0.1, 0.15) is 33.1 Å². The van der Waals surface area contributed by atoms with Gasteiger partial charge >= 0.3 is 0 Å². The molecule has 0 saturated carbocycles. The summed E-state index contributed by atoms with van der Waals surface area (Å²) in [6.07, 6.45) is 1.44. The van der Waals surface area contributed by atoms with Gasteiger partial charge in [-0.05, 0) is 44.5 Å². The number of hydrogen-bond donors (Lipinski definition) is 1. The molecule has 1 aromatic carbocycles. The lowest BCUT2D eigenvalue weighted by molar-refractivity contribution is -0.139. The van der Waals surface area contributed by atoms with E-state index in [1.165, 1.54) is 0 Å². The number of ether oxygens (including phenoxy) is 2. The molecule has 0 spiro atoms. The number of likely N-dealkylation sites (tertiary alicyclic amines) is 1. The van der Waals surface area contributed by atoms with E-state index in [0.717, 1.165) is 6.54 Å². The van der Waals surface area contributed by atoms with Gasteiger partial charge in [0.25, 0.3) is 0 Å². The van der Waals surface area contributed by atoms with Gasteiger partial charge in [0.2, 0.25) is 17.7 Å². The smallest absolute Gasteiger partial charge is 0.228 e. The van der Waals surface area contributed by atoms with Crippen molar-refractivity contribution in [2.24, 2.45) is 17.3 Å². The van der Waals surface area contributed by atoms with Crippen molar-refractivity contribution in [1.29, 1.82) is 0 Å². The maximum Gasteiger partial charge on any atom is 0.228 e. The van der Waals surface area contributed by atoms with Gasteiger partial charge in [-0.2, -0.15) is 0 Å². The second-order valence-corrected chi connectivity index (χ2v) is 10.7. The van der Waals surface area contributed by atoms with Crippen molar-refractivity contribution < 1.29 is 23.9 Å². The average molecular weight is 489 g/mol. The molecular weight excluding hydrogens is 448 g/mol. The summed E-state index contributed by atoms with van der Waals surface area (Å²) in [7, 11) is 7.18. The third kappa shape index (κ3) is 6.66. The molecular formula is C26H40N4O5. The van der Waals surface area contributed by atoms with Crippen LogP contribution in [-0.2, 0) is 14.4 Å². The number of anilines is 1. The number of methoxy groups -OCH3 is 2. The van der Waals surface area contributed by atoms with Crippen LogP contribution >= 0.6 is 0 Å². The fourth-order valence-electron chi connectivity index (χ4n) is 5.12. The first kappa shape index (κ1) is 26.8. The molecule has 0 bridgehead atoms. The lowest BCUT2D eigenvalue weighted by Gasteiger charge is -2.34. The van der Waals surface area contributed by atoms with Crippen molar-refractivity contribution in [3.05, 3.63) is 18.2 Å². The first-order chi connectivity index (χ1) is 16.5. The van der Waals surface area contributed by atoms with Gasteiger partial charge in [0.05, 0.1) is 25.8 Å². The first-order valence-electron chi connectivity index (χ1n) is 12.3. The average Bonchev–Trinajstić information content (AvgIpc) is 3.22. The lowest BCUT2D eigenvalue weighted by Crippen LogP contribution is -2.47. The van der Waals surface area contributed by atoms with Crippen LogP contribution in [0.5, 0.6) is 11.5 Å². The Bertz CT molecular complexity index is 924. The van der Waals surface area contributed by atoms with E-state index in [1.54, 1.807) is 37.3 Å². The third-order valence-electron chi connectivity index (χ3n) is 6.81. The second kappa shape index (κ2) is 11.3. The van der Waals surface area contributed by atoms with Gasteiger partial charge in [0.1, 0.15) is 11.5 Å². The fraction of sp³-hybridized carbons (Fsp3) is 0.654. The summed E-state index contributed by atoms with van der Waals surface area (Å²) >= 11 is 0. The lowest BCUT2D eigenvalue weighted by atomic mass is 9.91. The highest BCUT2D eigenvalue weighted by molar-refractivity contribution is 6.01. The number of amides is 3. The van der Waals surface area contributed by atoms with E-state index in [1.807, 2.05) is 19.0 Å². The molecule has 2 aliphatic rings. The Morgan fingerprint density at radius 1 is 1.11 bits per heavy atom. The largest absolute Gasteiger partial charge is 0.497 e. The van der Waals surface area contributed by atoms with Gasteiger partial charge in [0.15, 0.2) is 0 Å². The minimum atomic E-state index is -0.407. The van der Waals surface area contributed by atoms with Crippen LogP contribution in [0.2, 0.25) is 0 Å². The number of benzene rings is 1. The molecule has 9 nitrogen and oxygen atoms in total. The van der Waals surface area contributed by atoms with E-state index in [2.05, 4.69) is 24.1 Å². The van der Waals surface area contributed by atoms with Crippen LogP contribution in [0.4, 0.5) is 5.69 Å². The van der Waals surface area contributed by atoms with Crippen molar-refractivity contribution in [3.63, 3.8) is 0 Å². The van der Waals surface area contributed by atoms with Gasteiger partial charge in [-0.1, -0.05) is 13.8 Å². The van der Waals surface area contributed by atoms with Crippen molar-refractivity contribution in [2.45, 2.75) is 33.1 Å². The van der Waals surface area contributed by atoms with Crippen molar-refractivity contribution in [1.82, 2.24) is 15.1 Å². The summed E-state index contributed by atoms with van der Waals surface area (Å²) in [5.74, 6) is 0.628. The Balaban J connectivity index is 1.54. The molecule has 2 fully saturated rings. The zero-order valence-corrected chi connectivity index (χ0v) is 21.9. The van der Waals surface area contributed by atoms with E-state index in [0.29, 0.717) is 56.2 Å². The van der Waals surface area contributed by atoms with E-state index in [4.69, 9.17) is 9.47 Å². The molecule has 9 heteroatoms. The minimum absolute atomic E-state index is 0.0117. The molecule has 0 aliphatic carbocycles. The van der Waals surface area contributed by atoms with Crippen LogP contribution in [0.15, 0.2) is 18.2 Å². The van der Waals surface area contributed by atoms with Crippen LogP contribution < -0.4 is 19.7 Å². The number of nitrogens with zero attached hydrogens (tertiary/aromatic N) is 3. The van der Waals surface area contributed by atoms with Crippen molar-refractivity contribution in [2.75, 3.05) is 65.9 Å². The molecule has 0 radical (unpaired) electrons. The Hall–Kier alpha value is -2.81. The van der Waals surface area contributed by atoms with E-state index < -0.39 is 5.92 Å². The molecule has 1 aromatic rings. The van der Waals surface area contributed by atoms with Gasteiger partial charge in [-0.3, -0.25) is 14.4 Å². The standard InChI is InChI=1S/C26H40N4O5/c1-26(2,17-28(3)4)16-27-24(32)18-9-11-29(12-10-18)25(33)19-13-23(31)30(15-19)21-14-20(34-5)7-8-22(21)35-6/h7-8,14,18-19H,9-13,15-17H2,1-6H3,(H,27,32). The van der Waals surface area contributed by atoms with Gasteiger partial charge in [-0.25, -0.2) is 0 Å². The number of nitrogens with one attached hydrogen (secondary N) is 1. The summed E-state index contributed by atoms with van der Waals surface area (Å²) in [5, 5.41) is 3.10. The number of carbonyl (C=O) groups excluding carboxylic acids is 3. The monoisotopic (exact) mass is 488 g/mol. The summed E-state index contributed by atoms with van der Waals surface area (Å²) in [5.41, 5.74) is 0.599. The highest BCUT2D eigenvalue weighted by Crippen LogP contribution is 2.36. The van der Waals surface area contributed by atoms with E-state index >= 15 is 0 Å². The number of hydrogen-bond acceptors (Lipinski definition) is 6. The molecule has 3 amide bonds. The number of piperidine rings is 1. The van der Waals surface area contributed by atoms with Gasteiger partial charge in [-0.15, -0.1) is 0 Å². The molecule has 35 heavy (non-hydrogen) atoms. The predicted octanol–water partition coefficient (Wildman–Crippen LogP) is 2.00. The van der Waals surface area contributed by atoms with Crippen LogP contribution in [0.3, 0.4) is 0 Å². The fourth-order valence-corrected chi connectivity index (χ4v) is 5.12. The highest BCUT2D eigenvalue weighted by atomic mass is 16.5. The molecule has 3 rings (SSSR count). The normalized spacial score (nSPS) is 19.3. The van der Waals surface area contributed by atoms with Crippen LogP contribution in [0, 0.1) is 17.3 Å². The molecule has 2 aliphatic heterocycles. The second-order valence-electron chi connectivity index (χ2n) is 10.7. The maximum atomic E-state index is 13.2. The maximum absolute atomic E-state index is 13.2. The van der Waals surface area contributed by atoms with E-state index in [9.17, 15) is 14.4 Å². The molecule has 2 heterocycles. The molecule has 1 atom stereocenters. The molecule has 0 aromatic heterocycles. The Morgan fingerprint density at radius 3 is 2.40 bits per heavy atom. The predicted molar refractivity (Wildman–Crippen MR) is 135 cm³/mol. The molecule has 1 unspecified atom stereocenters. The number of rotatable bonds is 9. The molecule has 1 N–H and O–H groups in total. The number of carbonyl (C=O) groups is 3. The topological polar surface area (TPSA) is 91.4 Å². The minimum Gasteiger partial charge on any atom is -0.497 e. The van der Waals surface area contributed by atoms with Crippen molar-refractivity contribution in [3.8, 4) is 11.5 Å². The third-order valence-corrected chi connectivity index (χ3v) is 6.81. The molecule has 194 valence electrons. The quantitative estimate of drug-likeness (QED) is 0.572. The first-order valence-corrected chi connectivity index (χ1v) is 12.3. The van der Waals surface area contributed by atoms with Crippen molar-refractivity contribution >= 4 is 23.4 Å². The zero-order chi connectivity index (χ0) is 25.8. The van der Waals surface area contributed by atoms with E-state index in [-0.39, 0.29) is 35.5 Å². The Labute approximate surface area is 208 Å². The summed E-state index contributed by atoms with van der Waals surface area (Å²) in [6, 6.07) is 5.29. The summed E-state index contributed by atoms with van der Waals surface area (Å²) < 4.78 is 10.7. The van der Waals surface area contributed by atoms with Crippen LogP contribution in [0.25, 0.3) is 0 Å². The summed E-state index contributed by atoms with van der Waals surface area (Å²) in [6.45, 7) is 7.17. The van der Waals surface area contributed by atoms with Gasteiger partial charge < -0.3 is 29.5 Å². The SMILES string of the molecule is COc1ccc(OC)c(N2CC(C(=O)N3CCC(C(=O)NCC(C)(C)CN(C)C)CC3)CC2=O)c1. The Morgan fingerprint density at radius 2 is 1.80 bits per heavy atom. The zero-order valence-electron chi connectivity index (χ0n) is 21.9. The van der Waals surface area contributed by atoms with Gasteiger partial charge in [0, 0.05) is 51.1 Å².